The Kier molecular flexibility index (Phi) is 3.43. The minimum atomic E-state index is -0.628. The fourth-order valence-corrected chi connectivity index (χ4v) is 1.35. The van der Waals surface area contributed by atoms with Gasteiger partial charge in [0.05, 0.1) is 0 Å². The van der Waals surface area contributed by atoms with Crippen molar-refractivity contribution in [1.82, 2.24) is 5.48 Å². The summed E-state index contributed by atoms with van der Waals surface area (Å²) in [5.74, 6) is -0.940. The van der Waals surface area contributed by atoms with E-state index in [0.717, 1.165) is 19.3 Å². The summed E-state index contributed by atoms with van der Waals surface area (Å²) in [6.45, 7) is -0.316. The molecule has 14 heavy (non-hydrogen) atoms. The van der Waals surface area contributed by atoms with Gasteiger partial charge in [-0.1, -0.05) is 0 Å². The van der Waals surface area contributed by atoms with E-state index in [0.29, 0.717) is 0 Å². The van der Waals surface area contributed by atoms with Gasteiger partial charge in [-0.3, -0.25) is 14.4 Å². The molecule has 1 aliphatic rings. The van der Waals surface area contributed by atoms with Crippen LogP contribution < -0.4 is 16.9 Å². The fraction of sp³-hybridized carbons (Fsp3) is 0.750. The van der Waals surface area contributed by atoms with E-state index in [1.54, 1.807) is 0 Å². The number of hydroxylamine groups is 1. The lowest BCUT2D eigenvalue weighted by Crippen LogP contribution is -2.50. The van der Waals surface area contributed by atoms with E-state index in [9.17, 15) is 9.59 Å². The first-order valence-corrected chi connectivity index (χ1v) is 4.50. The third kappa shape index (κ3) is 3.31. The van der Waals surface area contributed by atoms with Crippen molar-refractivity contribution >= 4 is 11.8 Å². The number of primary amides is 1. The fourth-order valence-electron chi connectivity index (χ4n) is 1.35. The third-order valence-electron chi connectivity index (χ3n) is 2.26. The molecular formula is C8H15N3O3. The Bertz CT molecular complexity index is 238. The van der Waals surface area contributed by atoms with Crippen LogP contribution in [0.2, 0.25) is 0 Å². The smallest absolute Gasteiger partial charge is 0.246 e. The van der Waals surface area contributed by atoms with Crippen LogP contribution >= 0.6 is 0 Å². The van der Waals surface area contributed by atoms with E-state index < -0.39 is 5.91 Å². The molecule has 1 fully saturated rings. The molecule has 6 nitrogen and oxygen atoms in total. The monoisotopic (exact) mass is 201 g/mol. The van der Waals surface area contributed by atoms with E-state index in [4.69, 9.17) is 11.5 Å². The van der Waals surface area contributed by atoms with Gasteiger partial charge in [-0.05, 0) is 19.3 Å². The molecule has 6 heteroatoms. The molecule has 0 aromatic carbocycles. The summed E-state index contributed by atoms with van der Waals surface area (Å²) in [4.78, 5) is 26.0. The second kappa shape index (κ2) is 4.39. The standard InChI is InChI=1S/C8H15N3O3/c9-6(12)5-14-11-7(13)4-8(10)2-1-3-8/h1-5,10H2,(H2,9,12)(H,11,13). The number of nitrogens with one attached hydrogen (secondary N) is 1. The van der Waals surface area contributed by atoms with Gasteiger partial charge in [-0.2, -0.15) is 0 Å². The molecule has 0 bridgehead atoms. The van der Waals surface area contributed by atoms with Crippen molar-refractivity contribution in [3.8, 4) is 0 Å². The maximum Gasteiger partial charge on any atom is 0.246 e. The van der Waals surface area contributed by atoms with Crippen molar-refractivity contribution < 1.29 is 14.4 Å². The molecule has 0 atom stereocenters. The molecule has 1 aliphatic carbocycles. The highest BCUT2D eigenvalue weighted by Gasteiger charge is 2.34. The largest absolute Gasteiger partial charge is 0.368 e. The normalized spacial score (nSPS) is 18.4. The quantitative estimate of drug-likeness (QED) is 0.485. The van der Waals surface area contributed by atoms with Crippen LogP contribution in [0.1, 0.15) is 25.7 Å². The highest BCUT2D eigenvalue weighted by atomic mass is 16.7. The summed E-state index contributed by atoms with van der Waals surface area (Å²) < 4.78 is 0. The summed E-state index contributed by atoms with van der Waals surface area (Å²) >= 11 is 0. The van der Waals surface area contributed by atoms with E-state index >= 15 is 0 Å². The summed E-state index contributed by atoms with van der Waals surface area (Å²) in [5.41, 5.74) is 12.4. The lowest BCUT2D eigenvalue weighted by atomic mass is 9.75. The van der Waals surface area contributed by atoms with Gasteiger partial charge < -0.3 is 11.5 Å². The molecule has 0 aromatic heterocycles. The second-order valence-corrected chi connectivity index (χ2v) is 3.67. The van der Waals surface area contributed by atoms with Gasteiger partial charge in [0.25, 0.3) is 0 Å². The summed E-state index contributed by atoms with van der Waals surface area (Å²) in [6, 6.07) is 0. The predicted octanol–water partition coefficient (Wildman–Crippen LogP) is -1.21. The van der Waals surface area contributed by atoms with Crippen LogP contribution in [0.5, 0.6) is 0 Å². The molecule has 80 valence electrons. The van der Waals surface area contributed by atoms with Crippen LogP contribution in [0.15, 0.2) is 0 Å². The average molecular weight is 201 g/mol. The first-order chi connectivity index (χ1) is 6.52. The zero-order valence-corrected chi connectivity index (χ0v) is 7.91. The van der Waals surface area contributed by atoms with E-state index in [1.165, 1.54) is 0 Å². The van der Waals surface area contributed by atoms with Crippen LogP contribution in [0, 0.1) is 0 Å². The first kappa shape index (κ1) is 10.9. The number of hydrogen-bond acceptors (Lipinski definition) is 4. The number of carbonyl (C=O) groups is 2. The Balaban J connectivity index is 2.13. The molecule has 0 aliphatic heterocycles. The van der Waals surface area contributed by atoms with E-state index in [-0.39, 0.29) is 24.5 Å². The number of nitrogens with two attached hydrogens (primary N) is 2. The van der Waals surface area contributed by atoms with Crippen LogP contribution in [-0.4, -0.2) is 24.0 Å². The molecule has 0 saturated heterocycles. The number of hydrogen-bond donors (Lipinski definition) is 3. The van der Waals surface area contributed by atoms with Crippen LogP contribution in [0.3, 0.4) is 0 Å². The first-order valence-electron chi connectivity index (χ1n) is 4.50. The number of rotatable bonds is 5. The number of carbonyl (C=O) groups excluding carboxylic acids is 2. The van der Waals surface area contributed by atoms with E-state index in [2.05, 4.69) is 10.3 Å². The molecule has 0 radical (unpaired) electrons. The Morgan fingerprint density at radius 3 is 2.50 bits per heavy atom. The third-order valence-corrected chi connectivity index (χ3v) is 2.26. The van der Waals surface area contributed by atoms with Crippen molar-refractivity contribution in [1.29, 1.82) is 0 Å². The van der Waals surface area contributed by atoms with Gasteiger partial charge in [0.15, 0.2) is 6.61 Å². The van der Waals surface area contributed by atoms with Gasteiger partial charge in [-0.15, -0.1) is 0 Å². The molecule has 0 spiro atoms. The Morgan fingerprint density at radius 1 is 1.43 bits per heavy atom. The van der Waals surface area contributed by atoms with Crippen LogP contribution in [0.25, 0.3) is 0 Å². The van der Waals surface area contributed by atoms with Crippen LogP contribution in [-0.2, 0) is 14.4 Å². The van der Waals surface area contributed by atoms with Crippen molar-refractivity contribution in [2.45, 2.75) is 31.2 Å². The van der Waals surface area contributed by atoms with Gasteiger partial charge in [0, 0.05) is 12.0 Å². The van der Waals surface area contributed by atoms with Crippen molar-refractivity contribution in [2.24, 2.45) is 11.5 Å². The SMILES string of the molecule is NC(=O)CONC(=O)CC1(N)CCC1. The molecule has 1 saturated carbocycles. The predicted molar refractivity (Wildman–Crippen MR) is 48.7 cm³/mol. The molecule has 0 aromatic rings. The second-order valence-electron chi connectivity index (χ2n) is 3.67. The van der Waals surface area contributed by atoms with Gasteiger partial charge >= 0.3 is 0 Å². The minimum absolute atomic E-state index is 0.228. The molecule has 1 rings (SSSR count). The maximum absolute atomic E-state index is 11.2. The molecule has 0 unspecified atom stereocenters. The average Bonchev–Trinajstić information content (AvgIpc) is 2.00. The summed E-state index contributed by atoms with van der Waals surface area (Å²) in [6.07, 6.45) is 3.00. The highest BCUT2D eigenvalue weighted by molar-refractivity contribution is 5.77. The number of amides is 2. The zero-order chi connectivity index (χ0) is 10.6. The zero-order valence-electron chi connectivity index (χ0n) is 7.91. The van der Waals surface area contributed by atoms with E-state index in [1.807, 2.05) is 0 Å². The Labute approximate surface area is 81.9 Å². The summed E-state index contributed by atoms with van der Waals surface area (Å²) in [7, 11) is 0. The van der Waals surface area contributed by atoms with Gasteiger partial charge in [-0.25, -0.2) is 5.48 Å². The summed E-state index contributed by atoms with van der Waals surface area (Å²) in [5, 5.41) is 0. The van der Waals surface area contributed by atoms with Gasteiger partial charge in [0.2, 0.25) is 11.8 Å². The molecule has 2 amide bonds. The highest BCUT2D eigenvalue weighted by Crippen LogP contribution is 2.31. The van der Waals surface area contributed by atoms with Gasteiger partial charge in [0.1, 0.15) is 0 Å². The molecular weight excluding hydrogens is 186 g/mol. The van der Waals surface area contributed by atoms with Crippen molar-refractivity contribution in [3.63, 3.8) is 0 Å². The van der Waals surface area contributed by atoms with Crippen molar-refractivity contribution in [2.75, 3.05) is 6.61 Å². The lowest BCUT2D eigenvalue weighted by molar-refractivity contribution is -0.139. The lowest BCUT2D eigenvalue weighted by Gasteiger charge is -2.37. The van der Waals surface area contributed by atoms with Crippen molar-refractivity contribution in [3.05, 3.63) is 0 Å². The molecule has 5 N–H and O–H groups in total. The van der Waals surface area contributed by atoms with Crippen LogP contribution in [0.4, 0.5) is 0 Å². The Hall–Kier alpha value is -1.14. The Morgan fingerprint density at radius 2 is 2.07 bits per heavy atom. The molecule has 0 heterocycles. The maximum atomic E-state index is 11.2. The minimum Gasteiger partial charge on any atom is -0.368 e. The topological polar surface area (TPSA) is 107 Å².